The van der Waals surface area contributed by atoms with Gasteiger partial charge in [0, 0.05) is 11.8 Å². The number of allylic oxidation sites excluding steroid dienone is 4. The van der Waals surface area contributed by atoms with Gasteiger partial charge in [0.05, 0.1) is 13.2 Å². The van der Waals surface area contributed by atoms with Gasteiger partial charge in [-0.3, -0.25) is 4.79 Å². The van der Waals surface area contributed by atoms with Crippen LogP contribution in [-0.2, 0) is 14.3 Å². The quantitative estimate of drug-likeness (QED) is 0.181. The minimum absolute atomic E-state index is 0.0520. The summed E-state index contributed by atoms with van der Waals surface area (Å²) >= 11 is 0. The number of carbonyl (C=O) groups is 1. The molecule has 1 heterocycles. The van der Waals surface area contributed by atoms with Crippen molar-refractivity contribution in [2.24, 2.45) is 5.41 Å². The summed E-state index contributed by atoms with van der Waals surface area (Å²) in [6.07, 6.45) is 22.9. The largest absolute Gasteiger partial charge is 0.465 e. The van der Waals surface area contributed by atoms with Gasteiger partial charge in [0.15, 0.2) is 0 Å². The van der Waals surface area contributed by atoms with Crippen LogP contribution in [0.15, 0.2) is 24.3 Å². The first-order chi connectivity index (χ1) is 12.7. The number of hydrogen-bond acceptors (Lipinski definition) is 3. The van der Waals surface area contributed by atoms with Crippen LogP contribution in [-0.4, -0.2) is 25.8 Å². The highest BCUT2D eigenvalue weighted by atomic mass is 16.5. The van der Waals surface area contributed by atoms with Crippen LogP contribution in [0.2, 0.25) is 0 Å². The van der Waals surface area contributed by atoms with Crippen molar-refractivity contribution in [2.45, 2.75) is 90.9 Å². The van der Waals surface area contributed by atoms with Gasteiger partial charge in [-0.15, -0.1) is 0 Å². The predicted octanol–water partition coefficient (Wildman–Crippen LogP) is 6.38. The summed E-state index contributed by atoms with van der Waals surface area (Å²) in [5.41, 5.74) is 0.0635. The lowest BCUT2D eigenvalue weighted by atomic mass is 9.90. The highest BCUT2D eigenvalue weighted by Crippen LogP contribution is 2.26. The Morgan fingerprint density at radius 3 is 2.15 bits per heavy atom. The Morgan fingerprint density at radius 2 is 1.54 bits per heavy atom. The number of hydrogen-bond donors (Lipinski definition) is 0. The second-order valence-electron chi connectivity index (χ2n) is 7.94. The molecule has 0 aromatic carbocycles. The summed E-state index contributed by atoms with van der Waals surface area (Å²) in [4.78, 5) is 11.7. The van der Waals surface area contributed by atoms with Crippen LogP contribution < -0.4 is 0 Å². The SMILES string of the molecule is CCCCCC=CCC=CCCCCCCCC(=O)OCC1(C)COC1. The smallest absolute Gasteiger partial charge is 0.305 e. The molecule has 0 aromatic heterocycles. The standard InChI is InChI=1S/C23H40O3/c1-3-4-5-6-7-8-9-10-11-12-13-14-15-16-17-18-22(24)26-21-23(2)19-25-20-23/h7-8,10-11H,3-6,9,12-21H2,1-2H3. The summed E-state index contributed by atoms with van der Waals surface area (Å²) in [6.45, 7) is 6.27. The lowest BCUT2D eigenvalue weighted by molar-refractivity contribution is -0.165. The van der Waals surface area contributed by atoms with Gasteiger partial charge in [-0.1, -0.05) is 70.3 Å². The molecule has 3 heteroatoms. The Balaban J connectivity index is 1.81. The van der Waals surface area contributed by atoms with Crippen LogP contribution in [0, 0.1) is 5.41 Å². The van der Waals surface area contributed by atoms with Crippen LogP contribution in [0.4, 0.5) is 0 Å². The van der Waals surface area contributed by atoms with E-state index in [1.165, 1.54) is 51.4 Å². The molecule has 1 aliphatic rings. The molecule has 150 valence electrons. The second-order valence-corrected chi connectivity index (χ2v) is 7.94. The van der Waals surface area contributed by atoms with E-state index in [1.807, 2.05) is 0 Å². The van der Waals surface area contributed by atoms with E-state index in [9.17, 15) is 4.79 Å². The summed E-state index contributed by atoms with van der Waals surface area (Å²) in [5.74, 6) is -0.0520. The molecule has 1 aliphatic heterocycles. The number of ether oxygens (including phenoxy) is 2. The van der Waals surface area contributed by atoms with Crippen molar-refractivity contribution < 1.29 is 14.3 Å². The monoisotopic (exact) mass is 364 g/mol. The molecule has 0 saturated carbocycles. The van der Waals surface area contributed by atoms with E-state index in [0.717, 1.165) is 19.3 Å². The molecule has 0 aromatic rings. The highest BCUT2D eigenvalue weighted by Gasteiger charge is 2.34. The molecule has 1 rings (SSSR count). The van der Waals surface area contributed by atoms with E-state index >= 15 is 0 Å². The molecule has 0 amide bonds. The number of carbonyl (C=O) groups excluding carboxylic acids is 1. The molecular formula is C23H40O3. The maximum Gasteiger partial charge on any atom is 0.305 e. The fourth-order valence-corrected chi connectivity index (χ4v) is 2.94. The van der Waals surface area contributed by atoms with Crippen molar-refractivity contribution in [3.05, 3.63) is 24.3 Å². The Labute approximate surface area is 161 Å². The van der Waals surface area contributed by atoms with Crippen molar-refractivity contribution in [3.8, 4) is 0 Å². The summed E-state index contributed by atoms with van der Waals surface area (Å²) in [7, 11) is 0. The van der Waals surface area contributed by atoms with Crippen LogP contribution in [0.25, 0.3) is 0 Å². The van der Waals surface area contributed by atoms with Gasteiger partial charge in [-0.25, -0.2) is 0 Å². The van der Waals surface area contributed by atoms with Crippen LogP contribution in [0.3, 0.4) is 0 Å². The summed E-state index contributed by atoms with van der Waals surface area (Å²) < 4.78 is 10.5. The lowest BCUT2D eigenvalue weighted by Crippen LogP contribution is -2.44. The third kappa shape index (κ3) is 12.3. The predicted molar refractivity (Wildman–Crippen MR) is 109 cm³/mol. The van der Waals surface area contributed by atoms with Crippen molar-refractivity contribution in [2.75, 3.05) is 19.8 Å². The van der Waals surface area contributed by atoms with Crippen molar-refractivity contribution >= 4 is 5.97 Å². The van der Waals surface area contributed by atoms with Crippen LogP contribution >= 0.6 is 0 Å². The van der Waals surface area contributed by atoms with E-state index in [4.69, 9.17) is 9.47 Å². The molecular weight excluding hydrogens is 324 g/mol. The van der Waals surface area contributed by atoms with E-state index in [1.54, 1.807) is 0 Å². The first-order valence-corrected chi connectivity index (χ1v) is 10.7. The number of esters is 1. The van der Waals surface area contributed by atoms with E-state index in [-0.39, 0.29) is 11.4 Å². The molecule has 0 aliphatic carbocycles. The normalized spacial score (nSPS) is 16.2. The number of unbranched alkanes of at least 4 members (excludes halogenated alkanes) is 8. The zero-order valence-electron chi connectivity index (χ0n) is 17.1. The van der Waals surface area contributed by atoms with E-state index in [2.05, 4.69) is 38.2 Å². The zero-order valence-corrected chi connectivity index (χ0v) is 17.1. The topological polar surface area (TPSA) is 35.5 Å². The third-order valence-electron chi connectivity index (χ3n) is 4.81. The summed E-state index contributed by atoms with van der Waals surface area (Å²) in [6, 6.07) is 0. The molecule has 0 atom stereocenters. The van der Waals surface area contributed by atoms with Gasteiger partial charge in [0.2, 0.25) is 0 Å². The Bertz CT molecular complexity index is 408. The first kappa shape index (κ1) is 23.0. The Kier molecular flexibility index (Phi) is 13.3. The van der Waals surface area contributed by atoms with Gasteiger partial charge in [-0.05, 0) is 38.5 Å². The maximum absolute atomic E-state index is 11.7. The Morgan fingerprint density at radius 1 is 0.923 bits per heavy atom. The van der Waals surface area contributed by atoms with Crippen molar-refractivity contribution in [3.63, 3.8) is 0 Å². The molecule has 0 unspecified atom stereocenters. The van der Waals surface area contributed by atoms with Crippen molar-refractivity contribution in [1.82, 2.24) is 0 Å². The van der Waals surface area contributed by atoms with Gasteiger partial charge < -0.3 is 9.47 Å². The first-order valence-electron chi connectivity index (χ1n) is 10.7. The average Bonchev–Trinajstić information content (AvgIpc) is 2.61. The van der Waals surface area contributed by atoms with Crippen LogP contribution in [0.1, 0.15) is 90.9 Å². The fourth-order valence-electron chi connectivity index (χ4n) is 2.94. The van der Waals surface area contributed by atoms with E-state index in [0.29, 0.717) is 26.2 Å². The fraction of sp³-hybridized carbons (Fsp3) is 0.783. The van der Waals surface area contributed by atoms with E-state index < -0.39 is 0 Å². The molecule has 0 bridgehead atoms. The molecule has 0 radical (unpaired) electrons. The average molecular weight is 365 g/mol. The van der Waals surface area contributed by atoms with Gasteiger partial charge in [0.1, 0.15) is 6.61 Å². The third-order valence-corrected chi connectivity index (χ3v) is 4.81. The minimum Gasteiger partial charge on any atom is -0.465 e. The van der Waals surface area contributed by atoms with Crippen LogP contribution in [0.5, 0.6) is 0 Å². The van der Waals surface area contributed by atoms with Gasteiger partial charge in [-0.2, -0.15) is 0 Å². The Hall–Kier alpha value is -1.09. The molecule has 3 nitrogen and oxygen atoms in total. The number of rotatable bonds is 16. The maximum atomic E-state index is 11.7. The van der Waals surface area contributed by atoms with Gasteiger partial charge in [0.25, 0.3) is 0 Å². The highest BCUT2D eigenvalue weighted by molar-refractivity contribution is 5.69. The van der Waals surface area contributed by atoms with Crippen molar-refractivity contribution in [1.29, 1.82) is 0 Å². The molecule has 0 spiro atoms. The minimum atomic E-state index is -0.0520. The molecule has 0 N–H and O–H groups in total. The molecule has 26 heavy (non-hydrogen) atoms. The molecule has 1 fully saturated rings. The lowest BCUT2D eigenvalue weighted by Gasteiger charge is -2.37. The zero-order chi connectivity index (χ0) is 18.9. The van der Waals surface area contributed by atoms with Gasteiger partial charge >= 0.3 is 5.97 Å². The molecule has 1 saturated heterocycles. The summed E-state index contributed by atoms with van der Waals surface area (Å²) in [5, 5.41) is 0. The second kappa shape index (κ2) is 15.0.